The van der Waals surface area contributed by atoms with Crippen LogP contribution in [0.5, 0.6) is 0 Å². The summed E-state index contributed by atoms with van der Waals surface area (Å²) in [5, 5.41) is 11.4. The molecule has 0 amide bonds. The standard InChI is InChI=1S/C18H19N7/c19-18-17-16(23-15(24-17)7-10-3-5-20-9-10)12-2-1-11(8-14(12)22-18)13-4-6-21-25-13/h1-2,4,6,8,10,20H,3,5,7,9H2,(H2,19,22)(H,21,25)(H,23,24). The number of nitrogens with one attached hydrogen (secondary N) is 3. The van der Waals surface area contributed by atoms with Gasteiger partial charge in [0.05, 0.1) is 11.2 Å². The normalized spacial score (nSPS) is 17.7. The van der Waals surface area contributed by atoms with Gasteiger partial charge in [-0.25, -0.2) is 9.97 Å². The van der Waals surface area contributed by atoms with E-state index in [9.17, 15) is 0 Å². The number of fused-ring (bicyclic) bond motifs is 3. The monoisotopic (exact) mass is 333 g/mol. The molecule has 0 saturated carbocycles. The Labute approximate surface area is 144 Å². The quantitative estimate of drug-likeness (QED) is 0.460. The molecule has 1 atom stereocenters. The highest BCUT2D eigenvalue weighted by Crippen LogP contribution is 2.30. The number of imidazole rings is 1. The summed E-state index contributed by atoms with van der Waals surface area (Å²) >= 11 is 0. The van der Waals surface area contributed by atoms with Gasteiger partial charge in [0.1, 0.15) is 22.7 Å². The van der Waals surface area contributed by atoms with Crippen molar-refractivity contribution in [2.45, 2.75) is 12.8 Å². The van der Waals surface area contributed by atoms with E-state index in [0.29, 0.717) is 11.7 Å². The third kappa shape index (κ3) is 2.44. The molecule has 7 nitrogen and oxygen atoms in total. The lowest BCUT2D eigenvalue weighted by atomic mass is 10.1. The highest BCUT2D eigenvalue weighted by atomic mass is 15.1. The minimum absolute atomic E-state index is 0.493. The highest BCUT2D eigenvalue weighted by Gasteiger charge is 2.18. The molecule has 7 heteroatoms. The van der Waals surface area contributed by atoms with E-state index in [0.717, 1.165) is 58.5 Å². The van der Waals surface area contributed by atoms with Gasteiger partial charge in [0.25, 0.3) is 0 Å². The molecule has 4 aromatic rings. The molecule has 0 aliphatic carbocycles. The van der Waals surface area contributed by atoms with Crippen LogP contribution >= 0.6 is 0 Å². The van der Waals surface area contributed by atoms with Gasteiger partial charge in [0.15, 0.2) is 0 Å². The molecular weight excluding hydrogens is 314 g/mol. The first-order chi connectivity index (χ1) is 12.3. The van der Waals surface area contributed by atoms with Crippen molar-refractivity contribution in [1.29, 1.82) is 0 Å². The molecule has 1 aliphatic heterocycles. The number of aromatic amines is 2. The summed E-state index contributed by atoms with van der Waals surface area (Å²) in [6, 6.07) is 8.07. The van der Waals surface area contributed by atoms with E-state index in [1.54, 1.807) is 6.20 Å². The van der Waals surface area contributed by atoms with E-state index in [-0.39, 0.29) is 0 Å². The second-order valence-corrected chi connectivity index (χ2v) is 6.67. The lowest BCUT2D eigenvalue weighted by Gasteiger charge is -2.03. The van der Waals surface area contributed by atoms with Gasteiger partial charge in [0.2, 0.25) is 0 Å². The minimum atomic E-state index is 0.493. The maximum Gasteiger partial charge on any atom is 0.150 e. The third-order valence-corrected chi connectivity index (χ3v) is 4.96. The maximum atomic E-state index is 6.20. The first-order valence-corrected chi connectivity index (χ1v) is 8.56. The van der Waals surface area contributed by atoms with Crippen LogP contribution in [0.1, 0.15) is 12.2 Å². The zero-order valence-corrected chi connectivity index (χ0v) is 13.7. The van der Waals surface area contributed by atoms with E-state index < -0.39 is 0 Å². The summed E-state index contributed by atoms with van der Waals surface area (Å²) in [4.78, 5) is 12.8. The zero-order valence-electron chi connectivity index (χ0n) is 13.7. The Kier molecular flexibility index (Phi) is 3.21. The number of aromatic nitrogens is 5. The average molecular weight is 333 g/mol. The van der Waals surface area contributed by atoms with E-state index in [4.69, 9.17) is 10.7 Å². The van der Waals surface area contributed by atoms with Crippen LogP contribution in [0.25, 0.3) is 33.2 Å². The molecule has 1 saturated heterocycles. The van der Waals surface area contributed by atoms with Gasteiger partial charge in [-0.15, -0.1) is 0 Å². The van der Waals surface area contributed by atoms with Crippen LogP contribution in [0.2, 0.25) is 0 Å². The topological polar surface area (TPSA) is 108 Å². The molecule has 0 spiro atoms. The first kappa shape index (κ1) is 14.4. The fourth-order valence-corrected chi connectivity index (χ4v) is 3.66. The molecular formula is C18H19N7. The summed E-state index contributed by atoms with van der Waals surface area (Å²) in [7, 11) is 0. The molecule has 126 valence electrons. The van der Waals surface area contributed by atoms with Crippen molar-refractivity contribution < 1.29 is 0 Å². The van der Waals surface area contributed by atoms with Crippen molar-refractivity contribution in [1.82, 2.24) is 30.5 Å². The van der Waals surface area contributed by atoms with Crippen LogP contribution in [0.3, 0.4) is 0 Å². The van der Waals surface area contributed by atoms with Gasteiger partial charge < -0.3 is 16.0 Å². The minimum Gasteiger partial charge on any atom is -0.382 e. The molecule has 5 rings (SSSR count). The molecule has 0 bridgehead atoms. The fourth-order valence-electron chi connectivity index (χ4n) is 3.66. The van der Waals surface area contributed by atoms with Crippen LogP contribution in [-0.2, 0) is 6.42 Å². The molecule has 3 aromatic heterocycles. The van der Waals surface area contributed by atoms with Crippen molar-refractivity contribution in [3.05, 3.63) is 36.3 Å². The van der Waals surface area contributed by atoms with Crippen LogP contribution in [0.15, 0.2) is 30.5 Å². The van der Waals surface area contributed by atoms with Crippen LogP contribution in [-0.4, -0.2) is 38.2 Å². The Morgan fingerprint density at radius 2 is 2.16 bits per heavy atom. The van der Waals surface area contributed by atoms with E-state index in [1.807, 2.05) is 12.1 Å². The van der Waals surface area contributed by atoms with Gasteiger partial charge in [-0.3, -0.25) is 5.10 Å². The van der Waals surface area contributed by atoms with E-state index >= 15 is 0 Å². The maximum absolute atomic E-state index is 6.20. The second-order valence-electron chi connectivity index (χ2n) is 6.67. The van der Waals surface area contributed by atoms with E-state index in [1.165, 1.54) is 6.42 Å². The Bertz CT molecular complexity index is 1040. The summed E-state index contributed by atoms with van der Waals surface area (Å²) in [6.07, 6.45) is 3.87. The van der Waals surface area contributed by atoms with Gasteiger partial charge in [0, 0.05) is 23.6 Å². The molecule has 5 N–H and O–H groups in total. The summed E-state index contributed by atoms with van der Waals surface area (Å²) in [6.45, 7) is 2.15. The van der Waals surface area contributed by atoms with Crippen LogP contribution < -0.4 is 11.1 Å². The number of benzene rings is 1. The van der Waals surface area contributed by atoms with Gasteiger partial charge >= 0.3 is 0 Å². The Hall–Kier alpha value is -2.93. The SMILES string of the molecule is Nc1nc2cc(-c3ccn[nH]3)ccc2c2nc(CC3CCNC3)[nH]c12. The molecule has 1 fully saturated rings. The number of hydrogen-bond donors (Lipinski definition) is 4. The zero-order chi connectivity index (χ0) is 16.8. The number of H-pyrrole nitrogens is 2. The second kappa shape index (κ2) is 5.56. The number of nitrogens with two attached hydrogens (primary N) is 1. The number of rotatable bonds is 3. The highest BCUT2D eigenvalue weighted by molar-refractivity contribution is 6.07. The molecule has 1 aliphatic rings. The lowest BCUT2D eigenvalue weighted by molar-refractivity contribution is 0.566. The molecule has 4 heterocycles. The molecule has 25 heavy (non-hydrogen) atoms. The van der Waals surface area contributed by atoms with Crippen LogP contribution in [0, 0.1) is 5.92 Å². The predicted molar refractivity (Wildman–Crippen MR) is 98.1 cm³/mol. The number of nitrogen functional groups attached to an aromatic ring is 1. The number of nitrogens with zero attached hydrogens (tertiary/aromatic N) is 3. The van der Waals surface area contributed by atoms with Crippen molar-refractivity contribution in [2.24, 2.45) is 5.92 Å². The Morgan fingerprint density at radius 1 is 1.20 bits per heavy atom. The molecule has 1 unspecified atom stereocenters. The Morgan fingerprint density at radius 3 is 2.96 bits per heavy atom. The van der Waals surface area contributed by atoms with Crippen molar-refractivity contribution >= 4 is 27.8 Å². The van der Waals surface area contributed by atoms with Crippen LogP contribution in [0.4, 0.5) is 5.82 Å². The number of anilines is 1. The average Bonchev–Trinajstić information content (AvgIpc) is 3.36. The van der Waals surface area contributed by atoms with E-state index in [2.05, 4.69) is 37.6 Å². The lowest BCUT2D eigenvalue weighted by Crippen LogP contribution is -2.11. The largest absolute Gasteiger partial charge is 0.382 e. The fraction of sp³-hybridized carbons (Fsp3) is 0.278. The molecule has 0 radical (unpaired) electrons. The van der Waals surface area contributed by atoms with Gasteiger partial charge in [-0.05, 0) is 43.6 Å². The van der Waals surface area contributed by atoms with Crippen molar-refractivity contribution in [2.75, 3.05) is 18.8 Å². The van der Waals surface area contributed by atoms with Gasteiger partial charge in [-0.1, -0.05) is 6.07 Å². The van der Waals surface area contributed by atoms with Crippen molar-refractivity contribution in [3.63, 3.8) is 0 Å². The summed E-state index contributed by atoms with van der Waals surface area (Å²) in [5.41, 5.74) is 10.8. The Balaban J connectivity index is 1.62. The number of hydrogen-bond acceptors (Lipinski definition) is 5. The van der Waals surface area contributed by atoms with Gasteiger partial charge in [-0.2, -0.15) is 5.10 Å². The third-order valence-electron chi connectivity index (χ3n) is 4.96. The summed E-state index contributed by atoms with van der Waals surface area (Å²) in [5.74, 6) is 2.11. The smallest absolute Gasteiger partial charge is 0.150 e. The first-order valence-electron chi connectivity index (χ1n) is 8.56. The summed E-state index contributed by atoms with van der Waals surface area (Å²) < 4.78 is 0. The predicted octanol–water partition coefficient (Wildman–Crippen LogP) is 2.24. The molecule has 1 aromatic carbocycles. The number of pyridine rings is 1. The van der Waals surface area contributed by atoms with Crippen molar-refractivity contribution in [3.8, 4) is 11.3 Å².